The van der Waals surface area contributed by atoms with Crippen molar-refractivity contribution in [3.05, 3.63) is 55.6 Å². The number of nitrogens with zero attached hydrogens (tertiary/aromatic N) is 3. The van der Waals surface area contributed by atoms with E-state index in [1.54, 1.807) is 0 Å². The average molecular weight is 655 g/mol. The summed E-state index contributed by atoms with van der Waals surface area (Å²) < 4.78 is 44.6. The third-order valence-corrected chi connectivity index (χ3v) is 7.20. The molecule has 38 heavy (non-hydrogen) atoms. The SMILES string of the molecule is Cn1nc(OC(Cl)(Cl)C(Cl)=C(Cl)Cl)c(C(F)(F)F)c1N=CC(=CN)c1ccc(Cl)c(C(=O)NC2(N)CC2)c1. The summed E-state index contributed by atoms with van der Waals surface area (Å²) in [5, 5.41) is 5.77. The standard InChI is InChI=1S/C21H17Cl6F3N6O2/c1-36-16(13(21(28,29)30)18(35-36)38-20(26,27)14(23)15(24)25)33-8-10(7-31)9-2-3-12(22)11(6-9)17(37)34-19(32)4-5-19/h2-3,6-8H,4-5,31-32H2,1H3,(H,34,37). The minimum atomic E-state index is -5.03. The molecule has 2 aromatic rings. The zero-order chi connectivity index (χ0) is 28.6. The summed E-state index contributed by atoms with van der Waals surface area (Å²) >= 11 is 34.7. The van der Waals surface area contributed by atoms with Crippen LogP contribution in [0.25, 0.3) is 5.57 Å². The highest BCUT2D eigenvalue weighted by atomic mass is 35.5. The molecule has 1 heterocycles. The number of nitrogens with two attached hydrogens (primary N) is 2. The number of halogens is 9. The molecule has 17 heteroatoms. The van der Waals surface area contributed by atoms with Gasteiger partial charge in [-0.2, -0.15) is 13.2 Å². The van der Waals surface area contributed by atoms with E-state index in [0.29, 0.717) is 18.4 Å². The van der Waals surface area contributed by atoms with Gasteiger partial charge in [0, 0.05) is 25.0 Å². The molecule has 0 unspecified atom stereocenters. The third-order valence-electron chi connectivity index (χ3n) is 5.12. The van der Waals surface area contributed by atoms with Crippen LogP contribution >= 0.6 is 69.6 Å². The molecule has 0 aliphatic heterocycles. The van der Waals surface area contributed by atoms with Crippen molar-refractivity contribution in [1.82, 2.24) is 15.1 Å². The van der Waals surface area contributed by atoms with Crippen LogP contribution in [0.15, 0.2) is 38.9 Å². The predicted molar refractivity (Wildman–Crippen MR) is 143 cm³/mol. The Labute approximate surface area is 244 Å². The van der Waals surface area contributed by atoms with Crippen LogP contribution in [-0.2, 0) is 13.2 Å². The summed E-state index contributed by atoms with van der Waals surface area (Å²) in [4.78, 5) is 16.5. The lowest BCUT2D eigenvalue weighted by molar-refractivity contribution is -0.138. The molecule has 1 saturated carbocycles. The van der Waals surface area contributed by atoms with Gasteiger partial charge in [-0.3, -0.25) is 4.79 Å². The van der Waals surface area contributed by atoms with Crippen molar-refractivity contribution in [3.63, 3.8) is 0 Å². The first-order valence-electron chi connectivity index (χ1n) is 10.3. The van der Waals surface area contributed by atoms with E-state index in [-0.39, 0.29) is 16.2 Å². The zero-order valence-electron chi connectivity index (χ0n) is 19.0. The molecule has 1 aliphatic rings. The van der Waals surface area contributed by atoms with Crippen molar-refractivity contribution >= 4 is 93.1 Å². The van der Waals surface area contributed by atoms with Crippen LogP contribution in [0.4, 0.5) is 19.0 Å². The maximum absolute atomic E-state index is 14.0. The van der Waals surface area contributed by atoms with Gasteiger partial charge in [-0.25, -0.2) is 9.67 Å². The van der Waals surface area contributed by atoms with E-state index in [0.717, 1.165) is 17.1 Å². The highest BCUT2D eigenvalue weighted by molar-refractivity contribution is 6.63. The van der Waals surface area contributed by atoms with Gasteiger partial charge in [0.2, 0.25) is 0 Å². The fourth-order valence-corrected chi connectivity index (χ4v) is 4.05. The molecule has 1 aromatic heterocycles. The maximum atomic E-state index is 14.0. The molecule has 1 amide bonds. The first-order chi connectivity index (χ1) is 17.5. The van der Waals surface area contributed by atoms with Gasteiger partial charge in [0.25, 0.3) is 16.3 Å². The Hall–Kier alpha value is -1.86. The number of ether oxygens (including phenoxy) is 1. The van der Waals surface area contributed by atoms with Crippen molar-refractivity contribution < 1.29 is 22.7 Å². The molecule has 0 radical (unpaired) electrons. The minimum absolute atomic E-state index is 0.0873. The van der Waals surface area contributed by atoms with Crippen LogP contribution in [0.3, 0.4) is 0 Å². The van der Waals surface area contributed by atoms with Crippen LogP contribution in [-0.4, -0.2) is 32.1 Å². The monoisotopic (exact) mass is 652 g/mol. The lowest BCUT2D eigenvalue weighted by Gasteiger charge is -2.20. The largest absolute Gasteiger partial charge is 0.434 e. The predicted octanol–water partition coefficient (Wildman–Crippen LogP) is 6.37. The first-order valence-corrected chi connectivity index (χ1v) is 12.6. The number of allylic oxidation sites excluding steroid dienone is 1. The van der Waals surface area contributed by atoms with Crippen molar-refractivity contribution in [2.24, 2.45) is 23.5 Å². The second-order valence-electron chi connectivity index (χ2n) is 8.00. The summed E-state index contributed by atoms with van der Waals surface area (Å²) in [6.07, 6.45) is -1.69. The molecule has 206 valence electrons. The summed E-state index contributed by atoms with van der Waals surface area (Å²) in [6, 6.07) is 4.33. The van der Waals surface area contributed by atoms with Crippen molar-refractivity contribution in [3.8, 4) is 5.88 Å². The van der Waals surface area contributed by atoms with Crippen LogP contribution < -0.4 is 21.5 Å². The molecule has 3 rings (SSSR count). The smallest absolute Gasteiger partial charge is 0.425 e. The van der Waals surface area contributed by atoms with Crippen LogP contribution in [0.2, 0.25) is 5.02 Å². The summed E-state index contributed by atoms with van der Waals surface area (Å²) in [5.74, 6) is -2.27. The molecule has 1 aliphatic carbocycles. The first kappa shape index (κ1) is 30.7. The topological polar surface area (TPSA) is 121 Å². The van der Waals surface area contributed by atoms with Gasteiger partial charge in [-0.05, 0) is 30.5 Å². The van der Waals surface area contributed by atoms with Gasteiger partial charge < -0.3 is 21.5 Å². The van der Waals surface area contributed by atoms with E-state index >= 15 is 0 Å². The number of rotatable bonds is 8. The highest BCUT2D eigenvalue weighted by Crippen LogP contribution is 2.46. The Morgan fingerprint density at radius 1 is 1.26 bits per heavy atom. The van der Waals surface area contributed by atoms with E-state index in [4.69, 9.17) is 85.8 Å². The molecular weight excluding hydrogens is 638 g/mol. The fraction of sp³-hybridized carbons (Fsp3) is 0.286. The number of hydrogen-bond donors (Lipinski definition) is 3. The molecule has 0 saturated heterocycles. The number of benzene rings is 1. The van der Waals surface area contributed by atoms with Gasteiger partial charge in [0.15, 0.2) is 11.4 Å². The number of alkyl halides is 5. The summed E-state index contributed by atoms with van der Waals surface area (Å²) in [7, 11) is 1.17. The maximum Gasteiger partial charge on any atom is 0.425 e. The Morgan fingerprint density at radius 2 is 1.89 bits per heavy atom. The molecule has 0 spiro atoms. The molecule has 1 aromatic carbocycles. The Bertz CT molecular complexity index is 1350. The highest BCUT2D eigenvalue weighted by Gasteiger charge is 2.45. The van der Waals surface area contributed by atoms with E-state index in [9.17, 15) is 18.0 Å². The normalized spacial score (nSPS) is 15.5. The number of aliphatic imine (C=N–C) groups is 1. The van der Waals surface area contributed by atoms with E-state index < -0.39 is 49.1 Å². The van der Waals surface area contributed by atoms with E-state index in [2.05, 4.69) is 15.4 Å². The average Bonchev–Trinajstić information content (AvgIpc) is 3.44. The number of aromatic nitrogens is 2. The quantitative estimate of drug-likeness (QED) is 0.174. The molecule has 1 fully saturated rings. The van der Waals surface area contributed by atoms with Crippen LogP contribution in [0, 0.1) is 0 Å². The van der Waals surface area contributed by atoms with Crippen LogP contribution in [0.5, 0.6) is 5.88 Å². The van der Waals surface area contributed by atoms with E-state index in [1.807, 2.05) is 0 Å². The molecule has 5 N–H and O–H groups in total. The van der Waals surface area contributed by atoms with E-state index in [1.165, 1.54) is 25.2 Å². The molecule has 8 nitrogen and oxygen atoms in total. The minimum Gasteiger partial charge on any atom is -0.434 e. The van der Waals surface area contributed by atoms with Crippen molar-refractivity contribution in [1.29, 1.82) is 0 Å². The second-order valence-corrected chi connectivity index (χ2v) is 11.0. The Kier molecular flexibility index (Phi) is 9.14. The molecular formula is C21H17Cl6F3N6O2. The van der Waals surface area contributed by atoms with Crippen molar-refractivity contribution in [2.45, 2.75) is 29.2 Å². The summed E-state index contributed by atoms with van der Waals surface area (Å²) in [6.45, 7) is 0. The van der Waals surface area contributed by atoms with Gasteiger partial charge in [0.05, 0.1) is 16.2 Å². The van der Waals surface area contributed by atoms with Gasteiger partial charge >= 0.3 is 6.18 Å². The lowest BCUT2D eigenvalue weighted by Crippen LogP contribution is -2.43. The number of amides is 1. The Morgan fingerprint density at radius 3 is 2.42 bits per heavy atom. The van der Waals surface area contributed by atoms with Crippen molar-refractivity contribution in [2.75, 3.05) is 0 Å². The fourth-order valence-electron chi connectivity index (χ4n) is 3.01. The number of hydrogen-bond acceptors (Lipinski definition) is 6. The number of carbonyl (C=O) groups excluding carboxylic acids is 1. The van der Waals surface area contributed by atoms with Gasteiger partial charge in [0.1, 0.15) is 9.52 Å². The lowest BCUT2D eigenvalue weighted by atomic mass is 10.0. The van der Waals surface area contributed by atoms with Gasteiger partial charge in [-0.15, -0.1) is 5.10 Å². The Balaban J connectivity index is 1.99. The van der Waals surface area contributed by atoms with Gasteiger partial charge in [-0.1, -0.05) is 75.7 Å². The zero-order valence-corrected chi connectivity index (χ0v) is 23.6. The molecule has 0 atom stereocenters. The summed E-state index contributed by atoms with van der Waals surface area (Å²) in [5.41, 5.74) is 9.97. The molecule has 0 bridgehead atoms. The number of aryl methyl sites for hydroxylation is 1. The number of nitrogens with one attached hydrogen (secondary N) is 1. The third kappa shape index (κ3) is 7.01. The second kappa shape index (κ2) is 11.3. The van der Waals surface area contributed by atoms with Crippen LogP contribution in [0.1, 0.15) is 34.3 Å². The number of carbonyl (C=O) groups is 1.